The van der Waals surface area contributed by atoms with Crippen molar-refractivity contribution in [2.75, 3.05) is 40.4 Å². The molecule has 0 aliphatic heterocycles. The molecule has 0 spiro atoms. The van der Waals surface area contributed by atoms with Crippen molar-refractivity contribution in [1.29, 1.82) is 0 Å². The summed E-state index contributed by atoms with van der Waals surface area (Å²) >= 11 is 0. The SMILES string of the molecule is COCCCNC(=O)CN(C)CC(=O)c1c[nH]c2ccccc12. The van der Waals surface area contributed by atoms with Crippen molar-refractivity contribution in [3.63, 3.8) is 0 Å². The second-order valence-electron chi connectivity index (χ2n) is 5.54. The summed E-state index contributed by atoms with van der Waals surface area (Å²) in [6.45, 7) is 1.60. The topological polar surface area (TPSA) is 74.4 Å². The zero-order valence-electron chi connectivity index (χ0n) is 13.6. The number of rotatable bonds is 9. The van der Waals surface area contributed by atoms with Crippen LogP contribution in [0.4, 0.5) is 0 Å². The molecule has 1 amide bonds. The molecule has 6 heteroatoms. The van der Waals surface area contributed by atoms with E-state index in [9.17, 15) is 9.59 Å². The first-order chi connectivity index (χ1) is 11.1. The molecule has 23 heavy (non-hydrogen) atoms. The molecule has 1 aromatic carbocycles. The number of para-hydroxylation sites is 1. The van der Waals surface area contributed by atoms with Crippen molar-refractivity contribution in [3.8, 4) is 0 Å². The number of nitrogens with zero attached hydrogens (tertiary/aromatic N) is 1. The Morgan fingerprint density at radius 3 is 2.83 bits per heavy atom. The number of Topliss-reactive ketones (excluding diaryl/α,β-unsaturated/α-hetero) is 1. The Morgan fingerprint density at radius 2 is 2.04 bits per heavy atom. The van der Waals surface area contributed by atoms with E-state index in [2.05, 4.69) is 10.3 Å². The quantitative estimate of drug-likeness (QED) is 0.542. The molecule has 0 fully saturated rings. The number of ether oxygens (including phenoxy) is 1. The molecular formula is C17H23N3O3. The van der Waals surface area contributed by atoms with Crippen LogP contribution in [-0.4, -0.2) is 62.0 Å². The first-order valence-electron chi connectivity index (χ1n) is 7.65. The minimum atomic E-state index is -0.0877. The van der Waals surface area contributed by atoms with Crippen LogP contribution in [0.3, 0.4) is 0 Å². The Morgan fingerprint density at radius 1 is 1.26 bits per heavy atom. The van der Waals surface area contributed by atoms with Crippen molar-refractivity contribution >= 4 is 22.6 Å². The molecule has 1 aromatic heterocycles. The number of carbonyl (C=O) groups excluding carboxylic acids is 2. The normalized spacial score (nSPS) is 11.1. The highest BCUT2D eigenvalue weighted by molar-refractivity contribution is 6.08. The number of ketones is 1. The average Bonchev–Trinajstić information content (AvgIpc) is 2.95. The third kappa shape index (κ3) is 4.91. The van der Waals surface area contributed by atoms with Crippen LogP contribution in [0, 0.1) is 0 Å². The minimum Gasteiger partial charge on any atom is -0.385 e. The van der Waals surface area contributed by atoms with E-state index in [1.807, 2.05) is 24.3 Å². The average molecular weight is 317 g/mol. The van der Waals surface area contributed by atoms with Gasteiger partial charge in [0.05, 0.1) is 13.1 Å². The molecule has 1 heterocycles. The summed E-state index contributed by atoms with van der Waals surface area (Å²) in [6, 6.07) is 7.68. The Bertz CT molecular complexity index is 666. The lowest BCUT2D eigenvalue weighted by Crippen LogP contribution is -2.38. The molecule has 0 saturated carbocycles. The number of H-pyrrole nitrogens is 1. The van der Waals surface area contributed by atoms with Gasteiger partial charge in [0.1, 0.15) is 0 Å². The van der Waals surface area contributed by atoms with Crippen molar-refractivity contribution in [2.24, 2.45) is 0 Å². The molecule has 0 bridgehead atoms. The van der Waals surface area contributed by atoms with E-state index in [1.54, 1.807) is 25.3 Å². The number of benzene rings is 1. The molecule has 0 aliphatic rings. The number of nitrogens with one attached hydrogen (secondary N) is 2. The van der Waals surface area contributed by atoms with E-state index in [4.69, 9.17) is 4.74 Å². The lowest BCUT2D eigenvalue weighted by Gasteiger charge is -2.15. The summed E-state index contributed by atoms with van der Waals surface area (Å²) in [7, 11) is 3.40. The summed E-state index contributed by atoms with van der Waals surface area (Å²) < 4.78 is 4.92. The van der Waals surface area contributed by atoms with Crippen LogP contribution < -0.4 is 5.32 Å². The molecule has 0 atom stereocenters. The van der Waals surface area contributed by atoms with E-state index < -0.39 is 0 Å². The summed E-state index contributed by atoms with van der Waals surface area (Å²) in [6.07, 6.45) is 2.51. The van der Waals surface area contributed by atoms with Gasteiger partial charge in [-0.1, -0.05) is 18.2 Å². The maximum atomic E-state index is 12.4. The molecule has 0 radical (unpaired) electrons. The number of aromatic amines is 1. The summed E-state index contributed by atoms with van der Waals surface area (Å²) in [5.74, 6) is -0.0903. The predicted octanol–water partition coefficient (Wildman–Crippen LogP) is 1.44. The molecule has 2 aromatic rings. The summed E-state index contributed by atoms with van der Waals surface area (Å²) in [5, 5.41) is 3.72. The van der Waals surface area contributed by atoms with Gasteiger partial charge >= 0.3 is 0 Å². The van der Waals surface area contributed by atoms with Crippen LogP contribution in [0.25, 0.3) is 10.9 Å². The minimum absolute atomic E-state index is 0.00265. The van der Waals surface area contributed by atoms with Crippen LogP contribution >= 0.6 is 0 Å². The second kappa shape index (κ2) is 8.45. The van der Waals surface area contributed by atoms with Crippen molar-refractivity contribution < 1.29 is 14.3 Å². The fourth-order valence-electron chi connectivity index (χ4n) is 2.43. The largest absolute Gasteiger partial charge is 0.385 e. The van der Waals surface area contributed by atoms with E-state index in [0.29, 0.717) is 18.7 Å². The number of aromatic nitrogens is 1. The molecule has 0 saturated heterocycles. The maximum Gasteiger partial charge on any atom is 0.234 e. The number of fused-ring (bicyclic) bond motifs is 1. The van der Waals surface area contributed by atoms with Crippen LogP contribution in [0.5, 0.6) is 0 Å². The zero-order chi connectivity index (χ0) is 16.7. The second-order valence-corrected chi connectivity index (χ2v) is 5.54. The van der Waals surface area contributed by atoms with Gasteiger partial charge in [-0.15, -0.1) is 0 Å². The lowest BCUT2D eigenvalue weighted by molar-refractivity contribution is -0.121. The fourth-order valence-corrected chi connectivity index (χ4v) is 2.43. The standard InChI is InChI=1S/C17H23N3O3/c1-20(12-17(22)18-8-5-9-23-2)11-16(21)14-10-19-15-7-4-3-6-13(14)15/h3-4,6-7,10,19H,5,8-9,11-12H2,1-2H3,(H,18,22). The predicted molar refractivity (Wildman–Crippen MR) is 89.6 cm³/mol. The van der Waals surface area contributed by atoms with Gasteiger partial charge < -0.3 is 15.0 Å². The molecule has 0 unspecified atom stereocenters. The van der Waals surface area contributed by atoms with Gasteiger partial charge in [0, 0.05) is 42.9 Å². The monoisotopic (exact) mass is 317 g/mol. The number of likely N-dealkylation sites (N-methyl/N-ethyl adjacent to an activating group) is 1. The number of amides is 1. The molecule has 0 aliphatic carbocycles. The third-order valence-corrected chi connectivity index (χ3v) is 3.56. The van der Waals surface area contributed by atoms with Crippen molar-refractivity contribution in [1.82, 2.24) is 15.2 Å². The summed E-state index contributed by atoms with van der Waals surface area (Å²) in [4.78, 5) is 29.0. The van der Waals surface area contributed by atoms with Gasteiger partial charge in [-0.2, -0.15) is 0 Å². The Hall–Kier alpha value is -2.18. The Labute approximate surface area is 135 Å². The smallest absolute Gasteiger partial charge is 0.234 e. The maximum absolute atomic E-state index is 12.4. The zero-order valence-corrected chi connectivity index (χ0v) is 13.6. The van der Waals surface area contributed by atoms with Crippen LogP contribution in [0.1, 0.15) is 16.8 Å². The van der Waals surface area contributed by atoms with E-state index in [1.165, 1.54) is 0 Å². The molecule has 2 rings (SSSR count). The highest BCUT2D eigenvalue weighted by atomic mass is 16.5. The molecule has 6 nitrogen and oxygen atoms in total. The number of hydrogen-bond acceptors (Lipinski definition) is 4. The number of hydrogen-bond donors (Lipinski definition) is 2. The van der Waals surface area contributed by atoms with Gasteiger partial charge in [-0.05, 0) is 19.5 Å². The Kier molecular flexibility index (Phi) is 6.31. The van der Waals surface area contributed by atoms with E-state index in [-0.39, 0.29) is 24.8 Å². The van der Waals surface area contributed by atoms with Crippen LogP contribution in [0.15, 0.2) is 30.5 Å². The van der Waals surface area contributed by atoms with Crippen LogP contribution in [-0.2, 0) is 9.53 Å². The van der Waals surface area contributed by atoms with Crippen molar-refractivity contribution in [3.05, 3.63) is 36.0 Å². The van der Waals surface area contributed by atoms with Gasteiger partial charge in [0.15, 0.2) is 5.78 Å². The number of carbonyl (C=O) groups is 2. The molecule has 124 valence electrons. The van der Waals surface area contributed by atoms with E-state index >= 15 is 0 Å². The number of methoxy groups -OCH3 is 1. The highest BCUT2D eigenvalue weighted by Gasteiger charge is 2.15. The van der Waals surface area contributed by atoms with Gasteiger partial charge in [0.25, 0.3) is 0 Å². The summed E-state index contributed by atoms with van der Waals surface area (Å²) in [5.41, 5.74) is 1.60. The van der Waals surface area contributed by atoms with Gasteiger partial charge in [-0.25, -0.2) is 0 Å². The molecular weight excluding hydrogens is 294 g/mol. The Balaban J connectivity index is 1.84. The highest BCUT2D eigenvalue weighted by Crippen LogP contribution is 2.18. The first kappa shape index (κ1) is 17.2. The van der Waals surface area contributed by atoms with Gasteiger partial charge in [-0.3, -0.25) is 14.5 Å². The van der Waals surface area contributed by atoms with E-state index in [0.717, 1.165) is 17.3 Å². The third-order valence-electron chi connectivity index (χ3n) is 3.56. The first-order valence-corrected chi connectivity index (χ1v) is 7.65. The van der Waals surface area contributed by atoms with Crippen LogP contribution in [0.2, 0.25) is 0 Å². The fraction of sp³-hybridized carbons (Fsp3) is 0.412. The van der Waals surface area contributed by atoms with Gasteiger partial charge in [0.2, 0.25) is 5.91 Å². The molecule has 2 N–H and O–H groups in total. The van der Waals surface area contributed by atoms with Crippen molar-refractivity contribution in [2.45, 2.75) is 6.42 Å². The lowest BCUT2D eigenvalue weighted by atomic mass is 10.1.